The van der Waals surface area contributed by atoms with Crippen molar-refractivity contribution in [2.45, 2.75) is 0 Å². The second kappa shape index (κ2) is 7.33. The molecule has 1 heterocycles. The standard InChI is InChI=1S/C20H15FN2O/c21-18-11-15(13-22-14-18)9-10-20(24)23-19-8-4-7-17(12-19)16-5-2-1-3-6-16/h1-14H,(H,23,24)/b10-9+. The van der Waals surface area contributed by atoms with E-state index < -0.39 is 5.82 Å². The molecule has 0 aliphatic heterocycles. The first-order valence-corrected chi connectivity index (χ1v) is 7.46. The fraction of sp³-hybridized carbons (Fsp3) is 0. The minimum absolute atomic E-state index is 0.288. The van der Waals surface area contributed by atoms with Gasteiger partial charge < -0.3 is 5.32 Å². The number of anilines is 1. The van der Waals surface area contributed by atoms with Crippen molar-refractivity contribution in [2.24, 2.45) is 0 Å². The summed E-state index contributed by atoms with van der Waals surface area (Å²) in [6.45, 7) is 0. The van der Waals surface area contributed by atoms with E-state index in [2.05, 4.69) is 10.3 Å². The highest BCUT2D eigenvalue weighted by atomic mass is 19.1. The molecule has 3 aromatic rings. The zero-order chi connectivity index (χ0) is 16.8. The summed E-state index contributed by atoms with van der Waals surface area (Å²) in [5, 5.41) is 2.80. The van der Waals surface area contributed by atoms with Gasteiger partial charge >= 0.3 is 0 Å². The van der Waals surface area contributed by atoms with Crippen LogP contribution in [0.15, 0.2) is 79.1 Å². The third-order valence-corrected chi connectivity index (χ3v) is 3.39. The van der Waals surface area contributed by atoms with Crippen LogP contribution in [0, 0.1) is 5.82 Å². The molecule has 0 radical (unpaired) electrons. The summed E-state index contributed by atoms with van der Waals surface area (Å²) >= 11 is 0. The molecule has 0 saturated carbocycles. The maximum Gasteiger partial charge on any atom is 0.248 e. The molecule has 2 aromatic carbocycles. The molecule has 0 aliphatic rings. The zero-order valence-corrected chi connectivity index (χ0v) is 12.8. The fourth-order valence-electron chi connectivity index (χ4n) is 2.28. The summed E-state index contributed by atoms with van der Waals surface area (Å²) < 4.78 is 13.0. The van der Waals surface area contributed by atoms with Crippen LogP contribution in [0.25, 0.3) is 17.2 Å². The van der Waals surface area contributed by atoms with E-state index in [0.29, 0.717) is 11.3 Å². The number of benzene rings is 2. The molecule has 3 nitrogen and oxygen atoms in total. The summed E-state index contributed by atoms with van der Waals surface area (Å²) in [6.07, 6.45) is 5.48. The van der Waals surface area contributed by atoms with E-state index in [9.17, 15) is 9.18 Å². The van der Waals surface area contributed by atoms with Crippen molar-refractivity contribution >= 4 is 17.7 Å². The molecule has 0 aliphatic carbocycles. The minimum atomic E-state index is -0.437. The number of pyridine rings is 1. The maximum atomic E-state index is 13.0. The first-order valence-electron chi connectivity index (χ1n) is 7.46. The number of hydrogen-bond acceptors (Lipinski definition) is 2. The first kappa shape index (κ1) is 15.6. The number of aromatic nitrogens is 1. The lowest BCUT2D eigenvalue weighted by atomic mass is 10.1. The summed E-state index contributed by atoms with van der Waals surface area (Å²) in [6, 6.07) is 18.8. The number of nitrogens with zero attached hydrogens (tertiary/aromatic N) is 1. The Labute approximate surface area is 139 Å². The van der Waals surface area contributed by atoms with Gasteiger partial charge in [0, 0.05) is 18.0 Å². The molecule has 3 rings (SSSR count). The van der Waals surface area contributed by atoms with Gasteiger partial charge in [-0.2, -0.15) is 0 Å². The summed E-state index contributed by atoms with van der Waals surface area (Å²) in [5.41, 5.74) is 3.33. The third kappa shape index (κ3) is 4.14. The number of nitrogens with one attached hydrogen (secondary N) is 1. The molecule has 0 spiro atoms. The van der Waals surface area contributed by atoms with Crippen LogP contribution >= 0.6 is 0 Å². The largest absolute Gasteiger partial charge is 0.322 e. The number of hydrogen-bond donors (Lipinski definition) is 1. The molecule has 24 heavy (non-hydrogen) atoms. The second-order valence-corrected chi connectivity index (χ2v) is 5.21. The fourth-order valence-corrected chi connectivity index (χ4v) is 2.28. The van der Waals surface area contributed by atoms with Crippen molar-refractivity contribution in [1.82, 2.24) is 4.98 Å². The number of halogens is 1. The van der Waals surface area contributed by atoms with Gasteiger partial charge in [0.1, 0.15) is 5.82 Å². The van der Waals surface area contributed by atoms with Gasteiger partial charge in [-0.05, 0) is 41.0 Å². The smallest absolute Gasteiger partial charge is 0.248 e. The van der Waals surface area contributed by atoms with E-state index >= 15 is 0 Å². The Balaban J connectivity index is 1.71. The number of carbonyl (C=O) groups excluding carboxylic acids is 1. The molecule has 0 fully saturated rings. The van der Waals surface area contributed by atoms with Crippen molar-refractivity contribution in [3.05, 3.63) is 90.5 Å². The minimum Gasteiger partial charge on any atom is -0.322 e. The summed E-state index contributed by atoms with van der Waals surface area (Å²) in [7, 11) is 0. The average Bonchev–Trinajstić information content (AvgIpc) is 2.61. The van der Waals surface area contributed by atoms with Crippen molar-refractivity contribution in [3.8, 4) is 11.1 Å². The van der Waals surface area contributed by atoms with Crippen LogP contribution in [-0.2, 0) is 4.79 Å². The van der Waals surface area contributed by atoms with E-state index in [1.54, 1.807) is 0 Å². The normalized spacial score (nSPS) is 10.7. The predicted octanol–water partition coefficient (Wildman–Crippen LogP) is 4.54. The van der Waals surface area contributed by atoms with Crippen molar-refractivity contribution < 1.29 is 9.18 Å². The van der Waals surface area contributed by atoms with Crippen LogP contribution in [0.4, 0.5) is 10.1 Å². The quantitative estimate of drug-likeness (QED) is 0.718. The maximum absolute atomic E-state index is 13.0. The van der Waals surface area contributed by atoms with Crippen LogP contribution in [0.1, 0.15) is 5.56 Å². The molecule has 0 atom stereocenters. The lowest BCUT2D eigenvalue weighted by Crippen LogP contribution is -2.07. The van der Waals surface area contributed by atoms with Crippen LogP contribution < -0.4 is 5.32 Å². The van der Waals surface area contributed by atoms with Crippen LogP contribution in [0.5, 0.6) is 0 Å². The van der Waals surface area contributed by atoms with E-state index in [-0.39, 0.29) is 5.91 Å². The van der Waals surface area contributed by atoms with Crippen molar-refractivity contribution in [2.75, 3.05) is 5.32 Å². The number of rotatable bonds is 4. The van der Waals surface area contributed by atoms with E-state index in [0.717, 1.165) is 17.3 Å². The molecule has 0 saturated heterocycles. The van der Waals surface area contributed by atoms with Gasteiger partial charge in [-0.3, -0.25) is 9.78 Å². The Hall–Kier alpha value is -3.27. The number of amides is 1. The van der Waals surface area contributed by atoms with Crippen LogP contribution in [0.2, 0.25) is 0 Å². The topological polar surface area (TPSA) is 42.0 Å². The molecular weight excluding hydrogens is 303 g/mol. The van der Waals surface area contributed by atoms with E-state index in [4.69, 9.17) is 0 Å². The molecule has 1 aromatic heterocycles. The van der Waals surface area contributed by atoms with Crippen LogP contribution in [-0.4, -0.2) is 10.9 Å². The molecule has 1 amide bonds. The number of carbonyl (C=O) groups is 1. The first-order chi connectivity index (χ1) is 11.7. The zero-order valence-electron chi connectivity index (χ0n) is 12.8. The lowest BCUT2D eigenvalue weighted by Gasteiger charge is -2.06. The van der Waals surface area contributed by atoms with E-state index in [1.807, 2.05) is 54.6 Å². The Morgan fingerprint density at radius 1 is 0.958 bits per heavy atom. The second-order valence-electron chi connectivity index (χ2n) is 5.21. The lowest BCUT2D eigenvalue weighted by molar-refractivity contribution is -0.111. The Bertz CT molecular complexity index is 876. The molecule has 4 heteroatoms. The highest BCUT2D eigenvalue weighted by Crippen LogP contribution is 2.22. The highest BCUT2D eigenvalue weighted by molar-refractivity contribution is 6.02. The SMILES string of the molecule is O=C(/C=C/c1cncc(F)c1)Nc1cccc(-c2ccccc2)c1. The Morgan fingerprint density at radius 2 is 1.75 bits per heavy atom. The highest BCUT2D eigenvalue weighted by Gasteiger charge is 2.01. The van der Waals surface area contributed by atoms with Gasteiger partial charge in [-0.1, -0.05) is 42.5 Å². The third-order valence-electron chi connectivity index (χ3n) is 3.39. The monoisotopic (exact) mass is 318 g/mol. The Kier molecular flexibility index (Phi) is 4.77. The van der Waals surface area contributed by atoms with E-state index in [1.165, 1.54) is 24.4 Å². The molecule has 1 N–H and O–H groups in total. The molecule has 0 unspecified atom stereocenters. The van der Waals surface area contributed by atoms with Gasteiger partial charge in [0.2, 0.25) is 5.91 Å². The van der Waals surface area contributed by atoms with Gasteiger partial charge in [0.15, 0.2) is 0 Å². The van der Waals surface area contributed by atoms with Crippen molar-refractivity contribution in [1.29, 1.82) is 0 Å². The van der Waals surface area contributed by atoms with Crippen LogP contribution in [0.3, 0.4) is 0 Å². The van der Waals surface area contributed by atoms with Gasteiger partial charge in [-0.15, -0.1) is 0 Å². The Morgan fingerprint density at radius 3 is 2.54 bits per heavy atom. The molecular formula is C20H15FN2O. The van der Waals surface area contributed by atoms with Gasteiger partial charge in [0.05, 0.1) is 6.20 Å². The van der Waals surface area contributed by atoms with Gasteiger partial charge in [0.25, 0.3) is 0 Å². The predicted molar refractivity (Wildman–Crippen MR) is 93.7 cm³/mol. The van der Waals surface area contributed by atoms with Crippen molar-refractivity contribution in [3.63, 3.8) is 0 Å². The molecule has 118 valence electrons. The van der Waals surface area contributed by atoms with Gasteiger partial charge in [-0.25, -0.2) is 4.39 Å². The summed E-state index contributed by atoms with van der Waals surface area (Å²) in [4.78, 5) is 15.7. The summed E-state index contributed by atoms with van der Waals surface area (Å²) in [5.74, 6) is -0.724. The average molecular weight is 318 g/mol. The molecule has 0 bridgehead atoms.